The molecule has 1 amide bonds. The van der Waals surface area contributed by atoms with Gasteiger partial charge in [-0.3, -0.25) is 4.79 Å². The highest BCUT2D eigenvalue weighted by molar-refractivity contribution is 5.96. The van der Waals surface area contributed by atoms with Crippen LogP contribution < -0.4 is 10.1 Å². The molecule has 0 saturated heterocycles. The molecule has 0 radical (unpaired) electrons. The zero-order valence-corrected chi connectivity index (χ0v) is 13.7. The van der Waals surface area contributed by atoms with E-state index >= 15 is 0 Å². The maximum atomic E-state index is 12.2. The molecule has 7 heteroatoms. The molecule has 0 aliphatic rings. The molecule has 0 saturated carbocycles. The van der Waals surface area contributed by atoms with Crippen LogP contribution in [0.1, 0.15) is 21.5 Å². The van der Waals surface area contributed by atoms with E-state index in [4.69, 9.17) is 4.74 Å². The fourth-order valence-electron chi connectivity index (χ4n) is 2.09. The molecule has 2 aromatic rings. The molecular weight excluding hydrogens is 332 g/mol. The number of hydrogen-bond donors (Lipinski definition) is 1. The monoisotopic (exact) mass is 349 g/mol. The Kier molecular flexibility index (Phi) is 6.05. The normalized spacial score (nSPS) is 10.4. The summed E-state index contributed by atoms with van der Waals surface area (Å²) in [5.41, 5.74) is 2.58. The molecule has 0 heterocycles. The summed E-state index contributed by atoms with van der Waals surface area (Å²) in [6.45, 7) is 0.298. The van der Waals surface area contributed by atoms with E-state index in [0.717, 1.165) is 17.2 Å². The molecule has 0 aromatic heterocycles. The molecule has 0 unspecified atom stereocenters. The number of anilines is 1. The lowest BCUT2D eigenvalue weighted by Crippen LogP contribution is -2.21. The number of halogens is 2. The van der Waals surface area contributed by atoms with Crippen LogP contribution in [0, 0.1) is 13.8 Å². The lowest BCUT2D eigenvalue weighted by atomic mass is 10.1. The predicted octanol–water partition coefficient (Wildman–Crippen LogP) is 3.70. The van der Waals surface area contributed by atoms with Crippen molar-refractivity contribution in [3.05, 3.63) is 59.2 Å². The minimum Gasteiger partial charge on any atom is -0.452 e. The van der Waals surface area contributed by atoms with Crippen molar-refractivity contribution in [2.24, 2.45) is 0 Å². The third kappa shape index (κ3) is 5.27. The highest BCUT2D eigenvalue weighted by atomic mass is 19.3. The maximum Gasteiger partial charge on any atom is 0.387 e. The first-order chi connectivity index (χ1) is 11.9. The zero-order valence-electron chi connectivity index (χ0n) is 13.7. The van der Waals surface area contributed by atoms with Crippen molar-refractivity contribution in [1.29, 1.82) is 0 Å². The Balaban J connectivity index is 1.93. The average molecular weight is 349 g/mol. The van der Waals surface area contributed by atoms with Crippen molar-refractivity contribution in [1.82, 2.24) is 0 Å². The molecule has 0 fully saturated rings. The van der Waals surface area contributed by atoms with E-state index in [0.29, 0.717) is 5.69 Å². The summed E-state index contributed by atoms with van der Waals surface area (Å²) < 4.78 is 33.5. The lowest BCUT2D eigenvalue weighted by Gasteiger charge is -2.11. The Hall–Kier alpha value is -2.96. The third-order valence-electron chi connectivity index (χ3n) is 3.51. The summed E-state index contributed by atoms with van der Waals surface area (Å²) in [5, 5.41) is 2.66. The molecule has 132 valence electrons. The van der Waals surface area contributed by atoms with E-state index in [1.54, 1.807) is 12.1 Å². The van der Waals surface area contributed by atoms with Gasteiger partial charge >= 0.3 is 12.6 Å². The highest BCUT2D eigenvalue weighted by Crippen LogP contribution is 2.18. The molecule has 0 bridgehead atoms. The van der Waals surface area contributed by atoms with E-state index in [1.807, 2.05) is 19.9 Å². The predicted molar refractivity (Wildman–Crippen MR) is 87.9 cm³/mol. The first-order valence-corrected chi connectivity index (χ1v) is 7.45. The van der Waals surface area contributed by atoms with E-state index in [1.165, 1.54) is 18.2 Å². The summed E-state index contributed by atoms with van der Waals surface area (Å²) in [5.74, 6) is -1.47. The van der Waals surface area contributed by atoms with Gasteiger partial charge in [0.15, 0.2) is 6.61 Å². The van der Waals surface area contributed by atoms with Crippen molar-refractivity contribution in [3.8, 4) is 5.75 Å². The lowest BCUT2D eigenvalue weighted by molar-refractivity contribution is -0.119. The number of nitrogens with one attached hydrogen (secondary N) is 1. The van der Waals surface area contributed by atoms with Crippen LogP contribution in [0.3, 0.4) is 0 Å². The van der Waals surface area contributed by atoms with Gasteiger partial charge < -0.3 is 14.8 Å². The number of hydrogen-bond acceptors (Lipinski definition) is 4. The summed E-state index contributed by atoms with van der Waals surface area (Å²) in [6, 6.07) is 10.6. The standard InChI is InChI=1S/C18H17F2NO4/c1-11-5-3-8-15(12(11)2)21-16(22)10-24-17(23)13-6-4-7-14(9-13)25-18(19)20/h3-9,18H,10H2,1-2H3,(H,21,22). The zero-order chi connectivity index (χ0) is 18.4. The number of rotatable bonds is 6. The second kappa shape index (κ2) is 8.23. The number of ether oxygens (including phenoxy) is 2. The first-order valence-electron chi connectivity index (χ1n) is 7.45. The second-order valence-corrected chi connectivity index (χ2v) is 5.28. The van der Waals surface area contributed by atoms with Crippen molar-refractivity contribution in [2.75, 3.05) is 11.9 Å². The molecule has 2 rings (SSSR count). The average Bonchev–Trinajstić information content (AvgIpc) is 2.56. The number of esters is 1. The van der Waals surface area contributed by atoms with Gasteiger partial charge in [-0.2, -0.15) is 8.78 Å². The maximum absolute atomic E-state index is 12.2. The van der Waals surface area contributed by atoms with Gasteiger partial charge in [0.2, 0.25) is 0 Å². The van der Waals surface area contributed by atoms with E-state index < -0.39 is 25.1 Å². The van der Waals surface area contributed by atoms with Crippen LogP contribution in [-0.4, -0.2) is 25.1 Å². The smallest absolute Gasteiger partial charge is 0.387 e. The minimum absolute atomic E-state index is 0.0117. The number of amides is 1. The Bertz CT molecular complexity index is 777. The molecule has 1 N–H and O–H groups in total. The fourth-order valence-corrected chi connectivity index (χ4v) is 2.09. The van der Waals surface area contributed by atoms with Crippen molar-refractivity contribution in [3.63, 3.8) is 0 Å². The van der Waals surface area contributed by atoms with Crippen molar-refractivity contribution < 1.29 is 27.8 Å². The molecule has 0 atom stereocenters. The third-order valence-corrected chi connectivity index (χ3v) is 3.51. The van der Waals surface area contributed by atoms with Crippen LogP contribution in [0.5, 0.6) is 5.75 Å². The van der Waals surface area contributed by atoms with Crippen molar-refractivity contribution in [2.45, 2.75) is 20.5 Å². The second-order valence-electron chi connectivity index (χ2n) is 5.28. The van der Waals surface area contributed by atoms with E-state index in [9.17, 15) is 18.4 Å². The number of carbonyl (C=O) groups is 2. The Labute approximate surface area is 143 Å². The fraction of sp³-hybridized carbons (Fsp3) is 0.222. The molecule has 25 heavy (non-hydrogen) atoms. The summed E-state index contributed by atoms with van der Waals surface area (Å²) in [6.07, 6.45) is 0. The van der Waals surface area contributed by atoms with Gasteiger partial charge in [0.1, 0.15) is 5.75 Å². The molecule has 2 aromatic carbocycles. The first kappa shape index (κ1) is 18.4. The van der Waals surface area contributed by atoms with Crippen LogP contribution in [-0.2, 0) is 9.53 Å². The minimum atomic E-state index is -2.99. The molecular formula is C18H17F2NO4. The number of benzene rings is 2. The van der Waals surface area contributed by atoms with E-state index in [2.05, 4.69) is 10.1 Å². The Morgan fingerprint density at radius 2 is 1.84 bits per heavy atom. The van der Waals surface area contributed by atoms with Gasteiger partial charge in [-0.25, -0.2) is 4.79 Å². The Morgan fingerprint density at radius 3 is 2.56 bits per heavy atom. The molecule has 5 nitrogen and oxygen atoms in total. The quantitative estimate of drug-likeness (QED) is 0.808. The summed E-state index contributed by atoms with van der Waals surface area (Å²) in [7, 11) is 0. The van der Waals surface area contributed by atoms with Crippen LogP contribution in [0.25, 0.3) is 0 Å². The van der Waals surface area contributed by atoms with Gasteiger partial charge in [0, 0.05) is 5.69 Å². The highest BCUT2D eigenvalue weighted by Gasteiger charge is 2.13. The number of alkyl halides is 2. The van der Waals surface area contributed by atoms with Crippen molar-refractivity contribution >= 4 is 17.6 Å². The molecule has 0 aliphatic heterocycles. The van der Waals surface area contributed by atoms with Gasteiger partial charge in [-0.15, -0.1) is 0 Å². The van der Waals surface area contributed by atoms with Crippen LogP contribution >= 0.6 is 0 Å². The molecule has 0 aliphatic carbocycles. The number of carbonyl (C=O) groups excluding carboxylic acids is 2. The van der Waals surface area contributed by atoms with Crippen LogP contribution in [0.2, 0.25) is 0 Å². The Morgan fingerprint density at radius 1 is 1.12 bits per heavy atom. The summed E-state index contributed by atoms with van der Waals surface area (Å²) in [4.78, 5) is 23.8. The van der Waals surface area contributed by atoms with Crippen LogP contribution in [0.15, 0.2) is 42.5 Å². The van der Waals surface area contributed by atoms with Gasteiger partial charge in [-0.05, 0) is 49.2 Å². The van der Waals surface area contributed by atoms with Gasteiger partial charge in [0.05, 0.1) is 5.56 Å². The largest absolute Gasteiger partial charge is 0.452 e. The molecule has 0 spiro atoms. The van der Waals surface area contributed by atoms with Gasteiger partial charge in [-0.1, -0.05) is 18.2 Å². The summed E-state index contributed by atoms with van der Waals surface area (Å²) >= 11 is 0. The van der Waals surface area contributed by atoms with E-state index in [-0.39, 0.29) is 11.3 Å². The van der Waals surface area contributed by atoms with Crippen LogP contribution in [0.4, 0.5) is 14.5 Å². The topological polar surface area (TPSA) is 64.6 Å². The number of aryl methyl sites for hydroxylation is 1. The van der Waals surface area contributed by atoms with Gasteiger partial charge in [0.25, 0.3) is 5.91 Å². The SMILES string of the molecule is Cc1cccc(NC(=O)COC(=O)c2cccc(OC(F)F)c2)c1C.